The third-order valence-electron chi connectivity index (χ3n) is 4.40. The maximum absolute atomic E-state index is 12.2. The first-order chi connectivity index (χ1) is 8.87. The van der Waals surface area contributed by atoms with Crippen LogP contribution in [0.1, 0.15) is 39.0 Å². The summed E-state index contributed by atoms with van der Waals surface area (Å²) >= 11 is 0. The van der Waals surface area contributed by atoms with Crippen molar-refractivity contribution in [3.05, 3.63) is 0 Å². The molecular formula is C13H24N2O3S. The molecule has 0 aromatic carbocycles. The summed E-state index contributed by atoms with van der Waals surface area (Å²) in [5.74, 6) is 0.823. The number of nitrogens with two attached hydrogens (primary N) is 1. The van der Waals surface area contributed by atoms with Gasteiger partial charge in [0.05, 0.1) is 17.4 Å². The number of sulfone groups is 1. The second-order valence-electron chi connectivity index (χ2n) is 6.12. The quantitative estimate of drug-likeness (QED) is 0.772. The highest BCUT2D eigenvalue weighted by molar-refractivity contribution is 7.91. The lowest BCUT2D eigenvalue weighted by Gasteiger charge is -2.33. The summed E-state index contributed by atoms with van der Waals surface area (Å²) in [5, 5.41) is 2.99. The van der Waals surface area contributed by atoms with Crippen molar-refractivity contribution in [1.82, 2.24) is 5.32 Å². The third-order valence-corrected chi connectivity index (χ3v) is 6.12. The molecule has 0 aromatic heterocycles. The van der Waals surface area contributed by atoms with Crippen LogP contribution in [0.5, 0.6) is 0 Å². The molecule has 3 N–H and O–H groups in total. The van der Waals surface area contributed by atoms with E-state index in [0.29, 0.717) is 18.8 Å². The summed E-state index contributed by atoms with van der Waals surface area (Å²) < 4.78 is 22.7. The van der Waals surface area contributed by atoms with Crippen molar-refractivity contribution in [2.24, 2.45) is 17.6 Å². The highest BCUT2D eigenvalue weighted by atomic mass is 32.2. The van der Waals surface area contributed by atoms with E-state index in [1.807, 2.05) is 0 Å². The molecule has 1 saturated heterocycles. The number of carbonyl (C=O) groups excluding carboxylic acids is 1. The minimum Gasteiger partial charge on any atom is -0.353 e. The molecule has 1 aliphatic carbocycles. The van der Waals surface area contributed by atoms with Crippen LogP contribution in [0.3, 0.4) is 0 Å². The molecule has 1 heterocycles. The number of hydrogen-bond donors (Lipinski definition) is 2. The molecule has 1 aliphatic heterocycles. The fourth-order valence-corrected chi connectivity index (χ4v) is 4.54. The van der Waals surface area contributed by atoms with Crippen molar-refractivity contribution < 1.29 is 13.2 Å². The Morgan fingerprint density at radius 3 is 2.42 bits per heavy atom. The average molecular weight is 288 g/mol. The average Bonchev–Trinajstić information content (AvgIpc) is 2.35. The molecule has 3 atom stereocenters. The molecule has 2 aliphatic rings. The van der Waals surface area contributed by atoms with E-state index in [1.54, 1.807) is 0 Å². The van der Waals surface area contributed by atoms with Crippen LogP contribution in [-0.4, -0.2) is 37.9 Å². The Balaban J connectivity index is 1.87. The summed E-state index contributed by atoms with van der Waals surface area (Å²) in [5.41, 5.74) is 6.03. The van der Waals surface area contributed by atoms with Gasteiger partial charge in [-0.15, -0.1) is 0 Å². The van der Waals surface area contributed by atoms with Crippen molar-refractivity contribution in [2.75, 3.05) is 11.5 Å². The second kappa shape index (κ2) is 5.79. The molecule has 2 rings (SSSR count). The van der Waals surface area contributed by atoms with E-state index in [-0.39, 0.29) is 35.4 Å². The van der Waals surface area contributed by atoms with Gasteiger partial charge in [-0.25, -0.2) is 8.42 Å². The Bertz CT molecular complexity index is 421. The minimum absolute atomic E-state index is 0.000424. The van der Waals surface area contributed by atoms with Crippen LogP contribution < -0.4 is 11.1 Å². The van der Waals surface area contributed by atoms with Gasteiger partial charge >= 0.3 is 0 Å². The van der Waals surface area contributed by atoms with E-state index in [1.165, 1.54) is 0 Å². The predicted molar refractivity (Wildman–Crippen MR) is 74.3 cm³/mol. The van der Waals surface area contributed by atoms with Gasteiger partial charge < -0.3 is 11.1 Å². The molecule has 1 amide bonds. The number of amides is 1. The van der Waals surface area contributed by atoms with Gasteiger partial charge in [0.1, 0.15) is 9.84 Å². The Labute approximate surface area is 115 Å². The first-order valence-corrected chi connectivity index (χ1v) is 8.96. The summed E-state index contributed by atoms with van der Waals surface area (Å²) in [6.07, 6.45) is 3.90. The van der Waals surface area contributed by atoms with Gasteiger partial charge in [-0.3, -0.25) is 4.79 Å². The van der Waals surface area contributed by atoms with Gasteiger partial charge in [-0.05, 0) is 38.0 Å². The maximum atomic E-state index is 12.2. The van der Waals surface area contributed by atoms with Crippen LogP contribution in [0.25, 0.3) is 0 Å². The molecular weight excluding hydrogens is 264 g/mol. The van der Waals surface area contributed by atoms with Crippen LogP contribution in [0, 0.1) is 11.8 Å². The van der Waals surface area contributed by atoms with Crippen molar-refractivity contribution in [3.8, 4) is 0 Å². The van der Waals surface area contributed by atoms with E-state index in [2.05, 4.69) is 12.2 Å². The number of carbonyl (C=O) groups is 1. The van der Waals surface area contributed by atoms with Crippen LogP contribution in [0.4, 0.5) is 0 Å². The minimum atomic E-state index is -2.87. The molecule has 3 unspecified atom stereocenters. The molecule has 2 fully saturated rings. The van der Waals surface area contributed by atoms with E-state index in [9.17, 15) is 13.2 Å². The predicted octanol–water partition coefficient (Wildman–Crippen LogP) is 0.443. The van der Waals surface area contributed by atoms with Gasteiger partial charge in [0.25, 0.3) is 0 Å². The largest absolute Gasteiger partial charge is 0.353 e. The smallest absolute Gasteiger partial charge is 0.224 e. The molecule has 0 radical (unpaired) electrons. The monoisotopic (exact) mass is 288 g/mol. The van der Waals surface area contributed by atoms with E-state index in [4.69, 9.17) is 5.73 Å². The molecule has 6 heteroatoms. The highest BCUT2D eigenvalue weighted by Crippen LogP contribution is 2.28. The second-order valence-corrected chi connectivity index (χ2v) is 8.43. The standard InChI is InChI=1S/C13H24N2O3S/c1-9-2-3-12(14)11(8-9)13(16)15-10-4-6-19(17,18)7-5-10/h9-12H,2-8,14H2,1H3,(H,15,16). The van der Waals surface area contributed by atoms with Gasteiger partial charge in [0, 0.05) is 12.1 Å². The Kier molecular flexibility index (Phi) is 4.50. The van der Waals surface area contributed by atoms with Crippen LogP contribution in [-0.2, 0) is 14.6 Å². The maximum Gasteiger partial charge on any atom is 0.224 e. The number of rotatable bonds is 2. The molecule has 1 saturated carbocycles. The Morgan fingerprint density at radius 1 is 1.16 bits per heavy atom. The zero-order valence-corrected chi connectivity index (χ0v) is 12.3. The molecule has 5 nitrogen and oxygen atoms in total. The fraction of sp³-hybridized carbons (Fsp3) is 0.923. The van der Waals surface area contributed by atoms with Gasteiger partial charge in [-0.1, -0.05) is 6.92 Å². The first-order valence-electron chi connectivity index (χ1n) is 7.14. The summed E-state index contributed by atoms with van der Waals surface area (Å²) in [4.78, 5) is 12.2. The van der Waals surface area contributed by atoms with Crippen LogP contribution in [0.15, 0.2) is 0 Å². The van der Waals surface area contributed by atoms with E-state index < -0.39 is 9.84 Å². The Morgan fingerprint density at radius 2 is 1.79 bits per heavy atom. The lowest BCUT2D eigenvalue weighted by Crippen LogP contribution is -2.49. The van der Waals surface area contributed by atoms with Crippen molar-refractivity contribution in [2.45, 2.75) is 51.1 Å². The zero-order chi connectivity index (χ0) is 14.0. The summed E-state index contributed by atoms with van der Waals surface area (Å²) in [7, 11) is -2.87. The van der Waals surface area contributed by atoms with E-state index >= 15 is 0 Å². The summed E-state index contributed by atoms with van der Waals surface area (Å²) in [6, 6.07) is -0.0519. The van der Waals surface area contributed by atoms with Crippen LogP contribution >= 0.6 is 0 Å². The fourth-order valence-electron chi connectivity index (χ4n) is 3.05. The van der Waals surface area contributed by atoms with Gasteiger partial charge in [-0.2, -0.15) is 0 Å². The highest BCUT2D eigenvalue weighted by Gasteiger charge is 2.33. The summed E-state index contributed by atoms with van der Waals surface area (Å²) in [6.45, 7) is 2.15. The molecule has 110 valence electrons. The lowest BCUT2D eigenvalue weighted by atomic mass is 9.78. The molecule has 0 bridgehead atoms. The third kappa shape index (κ3) is 3.92. The molecule has 0 spiro atoms. The van der Waals surface area contributed by atoms with Crippen LogP contribution in [0.2, 0.25) is 0 Å². The number of hydrogen-bond acceptors (Lipinski definition) is 4. The van der Waals surface area contributed by atoms with Crippen molar-refractivity contribution >= 4 is 15.7 Å². The van der Waals surface area contributed by atoms with Gasteiger partial charge in [0.15, 0.2) is 0 Å². The van der Waals surface area contributed by atoms with Crippen molar-refractivity contribution in [1.29, 1.82) is 0 Å². The van der Waals surface area contributed by atoms with Gasteiger partial charge in [0.2, 0.25) is 5.91 Å². The molecule has 0 aromatic rings. The zero-order valence-electron chi connectivity index (χ0n) is 11.5. The SMILES string of the molecule is CC1CCC(N)C(C(=O)NC2CCS(=O)(=O)CC2)C1. The Hall–Kier alpha value is -0.620. The normalized spacial score (nSPS) is 35.8. The number of nitrogens with one attached hydrogen (secondary N) is 1. The lowest BCUT2D eigenvalue weighted by molar-refractivity contribution is -0.127. The first kappa shape index (κ1) is 14.8. The molecule has 19 heavy (non-hydrogen) atoms. The van der Waals surface area contributed by atoms with E-state index in [0.717, 1.165) is 19.3 Å². The van der Waals surface area contributed by atoms with Crippen molar-refractivity contribution in [3.63, 3.8) is 0 Å². The topological polar surface area (TPSA) is 89.3 Å².